The lowest BCUT2D eigenvalue weighted by atomic mass is 10.2. The number of nitrogens with two attached hydrogens (primary N) is 1. The van der Waals surface area contributed by atoms with Gasteiger partial charge in [-0.3, -0.25) is 9.59 Å². The zero-order valence-corrected chi connectivity index (χ0v) is 14.6. The van der Waals surface area contributed by atoms with Crippen LogP contribution in [-0.4, -0.2) is 18.4 Å². The minimum absolute atomic E-state index is 0.00830. The Morgan fingerprint density at radius 3 is 2.44 bits per heavy atom. The summed E-state index contributed by atoms with van der Waals surface area (Å²) >= 11 is 7.66. The number of thiophene rings is 1. The molecule has 0 aliphatic carbocycles. The predicted octanol–water partition coefficient (Wildman–Crippen LogP) is 4.22. The number of carbonyl (C=O) groups is 2. The Balaban J connectivity index is 2.01. The molecule has 3 aromatic rings. The number of fused-ring (bicyclic) bond motifs is 1. The van der Waals surface area contributed by atoms with Gasteiger partial charge in [-0.2, -0.15) is 0 Å². The van der Waals surface area contributed by atoms with Crippen molar-refractivity contribution in [2.75, 3.05) is 11.4 Å². The number of anilines is 1. The van der Waals surface area contributed by atoms with E-state index in [0.717, 1.165) is 10.1 Å². The summed E-state index contributed by atoms with van der Waals surface area (Å²) in [5.74, 6) is -1.28. The lowest BCUT2D eigenvalue weighted by Crippen LogP contribution is -2.33. The molecule has 0 saturated carbocycles. The average Bonchev–Trinajstić information content (AvgIpc) is 2.93. The molecule has 1 aromatic heterocycles. The Kier molecular flexibility index (Phi) is 5.01. The first kappa shape index (κ1) is 17.4. The number of primary amides is 1. The lowest BCUT2D eigenvalue weighted by molar-refractivity contribution is -0.117. The van der Waals surface area contributed by atoms with E-state index in [1.807, 2.05) is 24.3 Å². The van der Waals surface area contributed by atoms with Crippen molar-refractivity contribution in [1.29, 1.82) is 0 Å². The summed E-state index contributed by atoms with van der Waals surface area (Å²) in [5.41, 5.74) is 5.69. The van der Waals surface area contributed by atoms with Crippen LogP contribution in [0.1, 0.15) is 16.1 Å². The third-order valence-corrected chi connectivity index (χ3v) is 5.36. The summed E-state index contributed by atoms with van der Waals surface area (Å²) in [4.78, 5) is 26.0. The normalized spacial score (nSPS) is 10.8. The molecule has 0 saturated heterocycles. The molecule has 0 fully saturated rings. The number of carbonyl (C=O) groups excluding carboxylic acids is 2. The van der Waals surface area contributed by atoms with Gasteiger partial charge < -0.3 is 10.6 Å². The molecule has 0 atom stereocenters. The predicted molar refractivity (Wildman–Crippen MR) is 98.7 cm³/mol. The quantitative estimate of drug-likeness (QED) is 0.724. The van der Waals surface area contributed by atoms with Crippen LogP contribution >= 0.6 is 22.9 Å². The monoisotopic (exact) mass is 376 g/mol. The fraction of sp³-hybridized carbons (Fsp3) is 0.111. The van der Waals surface area contributed by atoms with Gasteiger partial charge in [-0.25, -0.2) is 4.39 Å². The highest BCUT2D eigenvalue weighted by Gasteiger charge is 2.24. The smallest absolute Gasteiger partial charge is 0.269 e. The van der Waals surface area contributed by atoms with Gasteiger partial charge in [-0.1, -0.05) is 29.8 Å². The zero-order valence-electron chi connectivity index (χ0n) is 13.0. The van der Waals surface area contributed by atoms with Crippen molar-refractivity contribution in [2.45, 2.75) is 6.42 Å². The maximum absolute atomic E-state index is 13.2. The van der Waals surface area contributed by atoms with Gasteiger partial charge in [-0.15, -0.1) is 11.3 Å². The van der Waals surface area contributed by atoms with Crippen molar-refractivity contribution < 1.29 is 14.0 Å². The third-order valence-electron chi connectivity index (χ3n) is 3.69. The van der Waals surface area contributed by atoms with Gasteiger partial charge in [0.25, 0.3) is 5.91 Å². The van der Waals surface area contributed by atoms with Crippen LogP contribution in [0.3, 0.4) is 0 Å². The highest BCUT2D eigenvalue weighted by Crippen LogP contribution is 2.36. The number of hydrogen-bond acceptors (Lipinski definition) is 3. The van der Waals surface area contributed by atoms with E-state index >= 15 is 0 Å². The summed E-state index contributed by atoms with van der Waals surface area (Å²) in [5, 5.41) is 1.17. The van der Waals surface area contributed by atoms with Gasteiger partial charge >= 0.3 is 0 Å². The number of nitrogens with zero attached hydrogens (tertiary/aromatic N) is 1. The first-order valence-electron chi connectivity index (χ1n) is 7.50. The molecule has 0 spiro atoms. The number of amides is 2. The summed E-state index contributed by atoms with van der Waals surface area (Å²) in [6.45, 7) is 0.0877. The molecule has 4 nitrogen and oxygen atoms in total. The zero-order chi connectivity index (χ0) is 18.0. The minimum Gasteiger partial charge on any atom is -0.370 e. The standard InChI is InChI=1S/C18H14ClFN2O2S/c19-16-13-3-1-2-4-14(13)25-17(16)18(24)22(10-9-15(21)23)12-7-5-11(20)6-8-12/h1-8H,9-10H2,(H2,21,23). The van der Waals surface area contributed by atoms with E-state index in [2.05, 4.69) is 0 Å². The molecule has 0 bridgehead atoms. The molecular weight excluding hydrogens is 363 g/mol. The van der Waals surface area contributed by atoms with Crippen LogP contribution in [0.4, 0.5) is 10.1 Å². The van der Waals surface area contributed by atoms with Crippen molar-refractivity contribution in [3.8, 4) is 0 Å². The van der Waals surface area contributed by atoms with E-state index < -0.39 is 11.7 Å². The van der Waals surface area contributed by atoms with Crippen LogP contribution in [0.5, 0.6) is 0 Å². The summed E-state index contributed by atoms with van der Waals surface area (Å²) in [7, 11) is 0. The largest absolute Gasteiger partial charge is 0.370 e. The number of rotatable bonds is 5. The molecule has 7 heteroatoms. The SMILES string of the molecule is NC(=O)CCN(C(=O)c1sc2ccccc2c1Cl)c1ccc(F)cc1. The molecule has 3 rings (SSSR count). The van der Waals surface area contributed by atoms with Crippen LogP contribution in [-0.2, 0) is 4.79 Å². The van der Waals surface area contributed by atoms with Gasteiger partial charge in [-0.05, 0) is 30.3 Å². The van der Waals surface area contributed by atoms with Crippen LogP contribution < -0.4 is 10.6 Å². The molecule has 25 heavy (non-hydrogen) atoms. The van der Waals surface area contributed by atoms with Crippen LogP contribution in [0.15, 0.2) is 48.5 Å². The van der Waals surface area contributed by atoms with Crippen molar-refractivity contribution in [2.24, 2.45) is 5.73 Å². The molecule has 0 aliphatic heterocycles. The molecule has 2 aromatic carbocycles. The topological polar surface area (TPSA) is 63.4 Å². The molecular formula is C18H14ClFN2O2S. The van der Waals surface area contributed by atoms with Gasteiger partial charge in [0, 0.05) is 28.7 Å². The Labute approximate surface area is 152 Å². The number of benzene rings is 2. The van der Waals surface area contributed by atoms with Crippen molar-refractivity contribution in [3.63, 3.8) is 0 Å². The second kappa shape index (κ2) is 7.21. The molecule has 2 N–H and O–H groups in total. The minimum atomic E-state index is -0.526. The van der Waals surface area contributed by atoms with Gasteiger partial charge in [0.05, 0.1) is 5.02 Å². The van der Waals surface area contributed by atoms with Gasteiger partial charge in [0.2, 0.25) is 5.91 Å². The summed E-state index contributed by atoms with van der Waals surface area (Å²) in [6, 6.07) is 12.9. The Morgan fingerprint density at radius 1 is 1.12 bits per heavy atom. The fourth-order valence-corrected chi connectivity index (χ4v) is 3.93. The first-order valence-corrected chi connectivity index (χ1v) is 8.69. The van der Waals surface area contributed by atoms with E-state index in [4.69, 9.17) is 17.3 Å². The fourth-order valence-electron chi connectivity index (χ4n) is 2.47. The molecule has 2 amide bonds. The number of hydrogen-bond donors (Lipinski definition) is 1. The number of halogens is 2. The maximum Gasteiger partial charge on any atom is 0.269 e. The Hall–Kier alpha value is -2.44. The van der Waals surface area contributed by atoms with Crippen LogP contribution in [0.25, 0.3) is 10.1 Å². The molecule has 1 heterocycles. The second-order valence-electron chi connectivity index (χ2n) is 5.39. The van der Waals surface area contributed by atoms with E-state index in [9.17, 15) is 14.0 Å². The Morgan fingerprint density at radius 2 is 1.80 bits per heavy atom. The first-order chi connectivity index (χ1) is 12.0. The van der Waals surface area contributed by atoms with E-state index in [1.54, 1.807) is 0 Å². The third kappa shape index (κ3) is 3.65. The Bertz CT molecular complexity index is 940. The molecule has 0 aliphatic rings. The van der Waals surface area contributed by atoms with Crippen LogP contribution in [0, 0.1) is 5.82 Å². The van der Waals surface area contributed by atoms with E-state index in [1.165, 1.54) is 40.5 Å². The second-order valence-corrected chi connectivity index (χ2v) is 6.82. The van der Waals surface area contributed by atoms with E-state index in [0.29, 0.717) is 15.6 Å². The van der Waals surface area contributed by atoms with Crippen molar-refractivity contribution in [1.82, 2.24) is 0 Å². The highest BCUT2D eigenvalue weighted by molar-refractivity contribution is 7.21. The van der Waals surface area contributed by atoms with Gasteiger partial charge in [0.1, 0.15) is 10.7 Å². The molecule has 128 valence electrons. The lowest BCUT2D eigenvalue weighted by Gasteiger charge is -2.22. The van der Waals surface area contributed by atoms with E-state index in [-0.39, 0.29) is 18.9 Å². The highest BCUT2D eigenvalue weighted by atomic mass is 35.5. The summed E-state index contributed by atoms with van der Waals surface area (Å²) in [6.07, 6.45) is -0.00830. The summed E-state index contributed by atoms with van der Waals surface area (Å²) < 4.78 is 14.1. The van der Waals surface area contributed by atoms with Crippen molar-refractivity contribution >= 4 is 50.5 Å². The molecule has 0 radical (unpaired) electrons. The van der Waals surface area contributed by atoms with Crippen LogP contribution in [0.2, 0.25) is 5.02 Å². The van der Waals surface area contributed by atoms with Crippen molar-refractivity contribution in [3.05, 3.63) is 64.2 Å². The molecule has 0 unspecified atom stereocenters. The maximum atomic E-state index is 13.2. The van der Waals surface area contributed by atoms with Gasteiger partial charge in [0.15, 0.2) is 0 Å². The average molecular weight is 377 g/mol.